The molecule has 0 aliphatic carbocycles. The van der Waals surface area contributed by atoms with Crippen molar-refractivity contribution in [1.29, 1.82) is 0 Å². The maximum atomic E-state index is 13.0. The third-order valence-electron chi connectivity index (χ3n) is 5.95. The van der Waals surface area contributed by atoms with Gasteiger partial charge in [-0.05, 0) is 30.2 Å². The van der Waals surface area contributed by atoms with Gasteiger partial charge in [-0.15, -0.1) is 0 Å². The van der Waals surface area contributed by atoms with Crippen LogP contribution in [0.3, 0.4) is 0 Å². The highest BCUT2D eigenvalue weighted by atomic mass is 16.3. The minimum atomic E-state index is -0.263. The lowest BCUT2D eigenvalue weighted by molar-refractivity contribution is -0.135. The zero-order chi connectivity index (χ0) is 19.8. The third-order valence-corrected chi connectivity index (χ3v) is 5.95. The van der Waals surface area contributed by atoms with Crippen LogP contribution in [0.2, 0.25) is 0 Å². The summed E-state index contributed by atoms with van der Waals surface area (Å²) in [5.41, 5.74) is 3.62. The number of hydrogen-bond donors (Lipinski definition) is 1. The van der Waals surface area contributed by atoms with Gasteiger partial charge in [0.05, 0.1) is 18.7 Å². The molecule has 0 unspecified atom stereocenters. The Morgan fingerprint density at radius 1 is 1.21 bits per heavy atom. The highest BCUT2D eigenvalue weighted by Crippen LogP contribution is 2.30. The van der Waals surface area contributed by atoms with E-state index >= 15 is 0 Å². The van der Waals surface area contributed by atoms with Gasteiger partial charge in [-0.2, -0.15) is 0 Å². The number of fused-ring (bicyclic) bond motifs is 1. The summed E-state index contributed by atoms with van der Waals surface area (Å²) in [6.07, 6.45) is 6.91. The van der Waals surface area contributed by atoms with Crippen LogP contribution in [0.1, 0.15) is 24.2 Å². The molecule has 0 radical (unpaired) electrons. The van der Waals surface area contributed by atoms with Crippen molar-refractivity contribution < 1.29 is 14.0 Å². The Morgan fingerprint density at radius 3 is 2.90 bits per heavy atom. The van der Waals surface area contributed by atoms with Gasteiger partial charge < -0.3 is 19.2 Å². The highest BCUT2D eigenvalue weighted by Gasteiger charge is 2.37. The molecule has 2 aliphatic heterocycles. The first kappa shape index (κ1) is 17.8. The summed E-state index contributed by atoms with van der Waals surface area (Å²) in [6.45, 7) is 2.18. The highest BCUT2D eigenvalue weighted by molar-refractivity contribution is 5.93. The third kappa shape index (κ3) is 3.35. The van der Waals surface area contributed by atoms with Gasteiger partial charge in [0.1, 0.15) is 5.76 Å². The van der Waals surface area contributed by atoms with Crippen LogP contribution < -0.4 is 0 Å². The SMILES string of the molecule is O=C1C[C@@H](C(=O)N2CC=C(c3c[nH]c4ccccc34)CC2)CN1Cc1ccco1. The van der Waals surface area contributed by atoms with E-state index in [1.165, 1.54) is 16.5 Å². The lowest BCUT2D eigenvalue weighted by Crippen LogP contribution is -2.39. The average Bonchev–Trinajstić information content (AvgIpc) is 3.49. The zero-order valence-electron chi connectivity index (χ0n) is 16.1. The van der Waals surface area contributed by atoms with Gasteiger partial charge in [-0.1, -0.05) is 24.3 Å². The largest absolute Gasteiger partial charge is 0.467 e. The number of nitrogens with zero attached hydrogens (tertiary/aromatic N) is 2. The molecule has 1 atom stereocenters. The molecule has 1 N–H and O–H groups in total. The molecule has 0 spiro atoms. The Balaban J connectivity index is 1.25. The number of nitrogens with one attached hydrogen (secondary N) is 1. The van der Waals surface area contributed by atoms with Crippen molar-refractivity contribution in [2.75, 3.05) is 19.6 Å². The van der Waals surface area contributed by atoms with E-state index in [1.54, 1.807) is 11.2 Å². The Hall–Kier alpha value is -3.28. The van der Waals surface area contributed by atoms with Gasteiger partial charge >= 0.3 is 0 Å². The van der Waals surface area contributed by atoms with Crippen LogP contribution in [-0.4, -0.2) is 46.2 Å². The molecule has 148 valence electrons. The van der Waals surface area contributed by atoms with Gasteiger partial charge in [0, 0.05) is 48.7 Å². The molecular weight excluding hydrogens is 366 g/mol. The average molecular weight is 389 g/mol. The van der Waals surface area contributed by atoms with Crippen molar-refractivity contribution in [3.63, 3.8) is 0 Å². The number of aromatic amines is 1. The van der Waals surface area contributed by atoms with E-state index in [-0.39, 0.29) is 24.2 Å². The van der Waals surface area contributed by atoms with E-state index in [0.29, 0.717) is 26.2 Å². The molecule has 6 heteroatoms. The summed E-state index contributed by atoms with van der Waals surface area (Å²) in [5, 5.41) is 1.22. The van der Waals surface area contributed by atoms with Crippen molar-refractivity contribution >= 4 is 28.3 Å². The second kappa shape index (κ2) is 7.28. The predicted octanol–water partition coefficient (Wildman–Crippen LogP) is 3.43. The molecular formula is C23H23N3O3. The van der Waals surface area contributed by atoms with Crippen molar-refractivity contribution in [2.45, 2.75) is 19.4 Å². The maximum absolute atomic E-state index is 13.0. The van der Waals surface area contributed by atoms with Crippen molar-refractivity contribution in [2.24, 2.45) is 5.92 Å². The van der Waals surface area contributed by atoms with Crippen molar-refractivity contribution in [3.05, 3.63) is 66.3 Å². The maximum Gasteiger partial charge on any atom is 0.228 e. The first-order chi connectivity index (χ1) is 14.2. The van der Waals surface area contributed by atoms with Gasteiger partial charge in [-0.3, -0.25) is 9.59 Å². The zero-order valence-corrected chi connectivity index (χ0v) is 16.1. The van der Waals surface area contributed by atoms with Gasteiger partial charge in [-0.25, -0.2) is 0 Å². The molecule has 2 aromatic heterocycles. The molecule has 2 aliphatic rings. The quantitative estimate of drug-likeness (QED) is 0.743. The Labute approximate surface area is 168 Å². The summed E-state index contributed by atoms with van der Waals surface area (Å²) >= 11 is 0. The Morgan fingerprint density at radius 2 is 2.10 bits per heavy atom. The molecule has 6 nitrogen and oxygen atoms in total. The lowest BCUT2D eigenvalue weighted by atomic mass is 9.98. The molecule has 0 saturated carbocycles. The predicted molar refractivity (Wildman–Crippen MR) is 110 cm³/mol. The van der Waals surface area contributed by atoms with Crippen LogP contribution in [0.4, 0.5) is 0 Å². The minimum absolute atomic E-state index is 0.0202. The van der Waals surface area contributed by atoms with Crippen LogP contribution in [0.25, 0.3) is 16.5 Å². The van der Waals surface area contributed by atoms with Crippen LogP contribution >= 0.6 is 0 Å². The number of hydrogen-bond acceptors (Lipinski definition) is 3. The van der Waals surface area contributed by atoms with Crippen molar-refractivity contribution in [3.8, 4) is 0 Å². The number of amides is 2. The number of likely N-dealkylation sites (tertiary alicyclic amines) is 1. The molecule has 1 saturated heterocycles. The normalized spacial score (nSPS) is 19.8. The van der Waals surface area contributed by atoms with Crippen LogP contribution in [-0.2, 0) is 16.1 Å². The van der Waals surface area contributed by atoms with Crippen LogP contribution in [0, 0.1) is 5.92 Å². The number of aromatic nitrogens is 1. The Kier molecular flexibility index (Phi) is 4.46. The first-order valence-electron chi connectivity index (χ1n) is 10.0. The summed E-state index contributed by atoms with van der Waals surface area (Å²) < 4.78 is 5.33. The lowest BCUT2D eigenvalue weighted by Gasteiger charge is -2.28. The number of carbonyl (C=O) groups is 2. The molecule has 2 amide bonds. The standard InChI is InChI=1S/C23H23N3O3/c27-22-12-17(14-26(22)15-18-4-3-11-29-18)23(28)25-9-7-16(8-10-25)20-13-24-21-6-2-1-5-19(20)21/h1-7,11,13,17,24H,8-10,12,14-15H2/t17-/m1/s1. The number of para-hydroxylation sites is 1. The molecule has 1 fully saturated rings. The second-order valence-corrected chi connectivity index (χ2v) is 7.77. The summed E-state index contributed by atoms with van der Waals surface area (Å²) in [4.78, 5) is 32.2. The molecule has 4 heterocycles. The number of carbonyl (C=O) groups excluding carboxylic acids is 2. The number of benzene rings is 1. The molecule has 5 rings (SSSR count). The first-order valence-corrected chi connectivity index (χ1v) is 10.0. The fraction of sp³-hybridized carbons (Fsp3) is 0.304. The van der Waals surface area contributed by atoms with Crippen LogP contribution in [0.15, 0.2) is 59.4 Å². The van der Waals surface area contributed by atoms with E-state index in [2.05, 4.69) is 29.4 Å². The monoisotopic (exact) mass is 389 g/mol. The fourth-order valence-corrected chi connectivity index (χ4v) is 4.39. The molecule has 29 heavy (non-hydrogen) atoms. The number of furan rings is 1. The number of rotatable bonds is 4. The molecule has 1 aromatic carbocycles. The van der Waals surface area contributed by atoms with E-state index in [0.717, 1.165) is 17.7 Å². The summed E-state index contributed by atoms with van der Waals surface area (Å²) in [7, 11) is 0. The second-order valence-electron chi connectivity index (χ2n) is 7.77. The Bertz CT molecular complexity index is 1080. The molecule has 3 aromatic rings. The van der Waals surface area contributed by atoms with Crippen LogP contribution in [0.5, 0.6) is 0 Å². The van der Waals surface area contributed by atoms with Gasteiger partial charge in [0.15, 0.2) is 0 Å². The number of H-pyrrole nitrogens is 1. The van der Waals surface area contributed by atoms with E-state index in [1.807, 2.05) is 29.2 Å². The summed E-state index contributed by atoms with van der Waals surface area (Å²) in [6, 6.07) is 11.9. The van der Waals surface area contributed by atoms with Gasteiger partial charge in [0.25, 0.3) is 0 Å². The molecule has 0 bridgehead atoms. The van der Waals surface area contributed by atoms with E-state index < -0.39 is 0 Å². The minimum Gasteiger partial charge on any atom is -0.467 e. The smallest absolute Gasteiger partial charge is 0.228 e. The van der Waals surface area contributed by atoms with Gasteiger partial charge in [0.2, 0.25) is 11.8 Å². The van der Waals surface area contributed by atoms with E-state index in [4.69, 9.17) is 4.42 Å². The van der Waals surface area contributed by atoms with Crippen molar-refractivity contribution in [1.82, 2.24) is 14.8 Å². The fourth-order valence-electron chi connectivity index (χ4n) is 4.39. The summed E-state index contributed by atoms with van der Waals surface area (Å²) in [5.74, 6) is 0.581. The van der Waals surface area contributed by atoms with E-state index in [9.17, 15) is 9.59 Å². The topological polar surface area (TPSA) is 69.6 Å².